The van der Waals surface area contributed by atoms with Crippen LogP contribution in [0.15, 0.2) is 53.6 Å². The number of anilines is 1. The molecule has 0 aliphatic rings. The van der Waals surface area contributed by atoms with Gasteiger partial charge in [0.15, 0.2) is 0 Å². The Kier molecular flexibility index (Phi) is 5.66. The van der Waals surface area contributed by atoms with Gasteiger partial charge < -0.3 is 9.47 Å². The third-order valence-corrected chi connectivity index (χ3v) is 3.99. The number of methoxy groups -OCH3 is 2. The van der Waals surface area contributed by atoms with Gasteiger partial charge in [0.2, 0.25) is 0 Å². The lowest BCUT2D eigenvalue weighted by Gasteiger charge is -2.13. The van der Waals surface area contributed by atoms with E-state index in [2.05, 4.69) is 27.4 Å². The molecule has 6 heteroatoms. The van der Waals surface area contributed by atoms with E-state index in [9.17, 15) is 0 Å². The molecule has 6 nitrogen and oxygen atoms in total. The SMILES string of the molecule is COc1cccc(OC)c1-c1cc(N/N=C/c2ccc(C)cc2)nc(C)n1. The first-order chi connectivity index (χ1) is 13.1. The molecule has 0 atom stereocenters. The molecule has 27 heavy (non-hydrogen) atoms. The van der Waals surface area contributed by atoms with E-state index in [0.29, 0.717) is 28.8 Å². The van der Waals surface area contributed by atoms with Crippen molar-refractivity contribution < 1.29 is 9.47 Å². The van der Waals surface area contributed by atoms with E-state index in [1.807, 2.05) is 55.5 Å². The van der Waals surface area contributed by atoms with Crippen molar-refractivity contribution in [3.05, 3.63) is 65.5 Å². The van der Waals surface area contributed by atoms with Gasteiger partial charge in [-0.1, -0.05) is 35.9 Å². The first-order valence-corrected chi connectivity index (χ1v) is 8.53. The molecule has 2 aromatic carbocycles. The summed E-state index contributed by atoms with van der Waals surface area (Å²) in [7, 11) is 3.24. The molecular weight excluding hydrogens is 340 g/mol. The quantitative estimate of drug-likeness (QED) is 0.525. The number of benzene rings is 2. The summed E-state index contributed by atoms with van der Waals surface area (Å²) < 4.78 is 11.0. The lowest BCUT2D eigenvalue weighted by Crippen LogP contribution is -2.01. The summed E-state index contributed by atoms with van der Waals surface area (Å²) in [6.07, 6.45) is 1.75. The average Bonchev–Trinajstić information content (AvgIpc) is 2.68. The molecule has 138 valence electrons. The highest BCUT2D eigenvalue weighted by molar-refractivity contribution is 5.80. The smallest absolute Gasteiger partial charge is 0.150 e. The number of rotatable bonds is 6. The Hall–Kier alpha value is -3.41. The van der Waals surface area contributed by atoms with Crippen LogP contribution in [0.2, 0.25) is 0 Å². The third kappa shape index (κ3) is 4.41. The topological polar surface area (TPSA) is 68.6 Å². The van der Waals surface area contributed by atoms with Gasteiger partial charge in [-0.2, -0.15) is 5.10 Å². The largest absolute Gasteiger partial charge is 0.496 e. The molecule has 0 aliphatic carbocycles. The number of nitrogens with zero attached hydrogens (tertiary/aromatic N) is 3. The highest BCUT2D eigenvalue weighted by Gasteiger charge is 2.15. The Bertz CT molecular complexity index is 931. The number of hydrogen-bond acceptors (Lipinski definition) is 6. The zero-order chi connectivity index (χ0) is 19.2. The standard InChI is InChI=1S/C21H22N4O2/c1-14-8-10-16(11-9-14)13-22-25-20-12-17(23-15(2)24-20)21-18(26-3)6-5-7-19(21)27-4/h5-13H,1-4H3,(H,23,24,25)/b22-13+. The van der Waals surface area contributed by atoms with E-state index in [0.717, 1.165) is 11.1 Å². The lowest BCUT2D eigenvalue weighted by molar-refractivity contribution is 0.397. The van der Waals surface area contributed by atoms with Crippen LogP contribution >= 0.6 is 0 Å². The minimum absolute atomic E-state index is 0.592. The van der Waals surface area contributed by atoms with E-state index < -0.39 is 0 Å². The van der Waals surface area contributed by atoms with Crippen molar-refractivity contribution in [2.75, 3.05) is 19.6 Å². The van der Waals surface area contributed by atoms with Crippen molar-refractivity contribution in [1.82, 2.24) is 9.97 Å². The van der Waals surface area contributed by atoms with E-state index >= 15 is 0 Å². The number of hydrazone groups is 1. The number of aryl methyl sites for hydroxylation is 2. The predicted octanol–water partition coefficient (Wildman–Crippen LogP) is 4.22. The fraction of sp³-hybridized carbons (Fsp3) is 0.190. The molecule has 0 saturated carbocycles. The van der Waals surface area contributed by atoms with Crippen LogP contribution in [0.3, 0.4) is 0 Å². The van der Waals surface area contributed by atoms with Crippen LogP contribution in [0.25, 0.3) is 11.3 Å². The molecule has 0 saturated heterocycles. The average molecular weight is 362 g/mol. The van der Waals surface area contributed by atoms with Crippen LogP contribution in [0.4, 0.5) is 5.82 Å². The van der Waals surface area contributed by atoms with Gasteiger partial charge in [-0.05, 0) is 31.5 Å². The molecule has 0 bridgehead atoms. The summed E-state index contributed by atoms with van der Waals surface area (Å²) in [6.45, 7) is 3.89. The Labute approximate surface area is 158 Å². The summed E-state index contributed by atoms with van der Waals surface area (Å²) in [6, 6.07) is 15.5. The highest BCUT2D eigenvalue weighted by Crippen LogP contribution is 2.37. The van der Waals surface area contributed by atoms with Crippen LogP contribution in [-0.4, -0.2) is 30.4 Å². The molecular formula is C21H22N4O2. The number of aromatic nitrogens is 2. The van der Waals surface area contributed by atoms with E-state index in [1.54, 1.807) is 20.4 Å². The van der Waals surface area contributed by atoms with E-state index in [4.69, 9.17) is 9.47 Å². The molecule has 1 aromatic heterocycles. The van der Waals surface area contributed by atoms with Gasteiger partial charge in [-0.25, -0.2) is 9.97 Å². The normalized spacial score (nSPS) is 10.8. The van der Waals surface area contributed by atoms with Gasteiger partial charge in [0.05, 0.1) is 31.7 Å². The second kappa shape index (κ2) is 8.31. The van der Waals surface area contributed by atoms with E-state index in [-0.39, 0.29) is 0 Å². The summed E-state index contributed by atoms with van der Waals surface area (Å²) in [5, 5.41) is 4.27. The minimum atomic E-state index is 0.592. The van der Waals surface area contributed by atoms with Crippen LogP contribution in [0.5, 0.6) is 11.5 Å². The molecule has 3 rings (SSSR count). The Balaban J connectivity index is 1.90. The van der Waals surface area contributed by atoms with Crippen LogP contribution in [-0.2, 0) is 0 Å². The molecule has 1 N–H and O–H groups in total. The monoisotopic (exact) mass is 362 g/mol. The number of ether oxygens (including phenoxy) is 2. The summed E-state index contributed by atoms with van der Waals surface area (Å²) in [5.41, 5.74) is 6.66. The van der Waals surface area contributed by atoms with Gasteiger partial charge >= 0.3 is 0 Å². The molecule has 0 radical (unpaired) electrons. The fourth-order valence-corrected chi connectivity index (χ4v) is 2.68. The van der Waals surface area contributed by atoms with Crippen molar-refractivity contribution in [3.8, 4) is 22.8 Å². The van der Waals surface area contributed by atoms with E-state index in [1.165, 1.54) is 5.56 Å². The Morgan fingerprint density at radius 1 is 0.926 bits per heavy atom. The lowest BCUT2D eigenvalue weighted by atomic mass is 10.1. The number of hydrogen-bond donors (Lipinski definition) is 1. The molecule has 1 heterocycles. The zero-order valence-corrected chi connectivity index (χ0v) is 15.9. The van der Waals surface area contributed by atoms with Crippen molar-refractivity contribution >= 4 is 12.0 Å². The Morgan fingerprint density at radius 2 is 1.59 bits per heavy atom. The second-order valence-corrected chi connectivity index (χ2v) is 6.00. The molecule has 0 aliphatic heterocycles. The van der Waals surface area contributed by atoms with Crippen LogP contribution in [0.1, 0.15) is 17.0 Å². The summed E-state index contributed by atoms with van der Waals surface area (Å²) in [5.74, 6) is 2.57. The van der Waals surface area contributed by atoms with Gasteiger partial charge in [0.25, 0.3) is 0 Å². The first kappa shape index (κ1) is 18.4. The van der Waals surface area contributed by atoms with Gasteiger partial charge in [-0.15, -0.1) is 0 Å². The summed E-state index contributed by atoms with van der Waals surface area (Å²) >= 11 is 0. The second-order valence-electron chi connectivity index (χ2n) is 6.00. The van der Waals surface area contributed by atoms with Crippen molar-refractivity contribution in [3.63, 3.8) is 0 Å². The van der Waals surface area contributed by atoms with Gasteiger partial charge in [0, 0.05) is 6.07 Å². The first-order valence-electron chi connectivity index (χ1n) is 8.53. The molecule has 0 amide bonds. The Morgan fingerprint density at radius 3 is 2.22 bits per heavy atom. The van der Waals surface area contributed by atoms with Crippen LogP contribution in [0, 0.1) is 13.8 Å². The molecule has 0 fully saturated rings. The highest BCUT2D eigenvalue weighted by atomic mass is 16.5. The summed E-state index contributed by atoms with van der Waals surface area (Å²) in [4.78, 5) is 8.93. The third-order valence-electron chi connectivity index (χ3n) is 3.99. The van der Waals surface area contributed by atoms with Crippen molar-refractivity contribution in [1.29, 1.82) is 0 Å². The van der Waals surface area contributed by atoms with Crippen LogP contribution < -0.4 is 14.9 Å². The predicted molar refractivity (Wildman–Crippen MR) is 108 cm³/mol. The van der Waals surface area contributed by atoms with Crippen molar-refractivity contribution in [2.45, 2.75) is 13.8 Å². The van der Waals surface area contributed by atoms with Gasteiger partial charge in [0.1, 0.15) is 23.1 Å². The van der Waals surface area contributed by atoms with Gasteiger partial charge in [-0.3, -0.25) is 5.43 Å². The maximum Gasteiger partial charge on any atom is 0.150 e. The van der Waals surface area contributed by atoms with Crippen molar-refractivity contribution in [2.24, 2.45) is 5.10 Å². The number of nitrogens with one attached hydrogen (secondary N) is 1. The minimum Gasteiger partial charge on any atom is -0.496 e. The molecule has 0 spiro atoms. The molecule has 0 unspecified atom stereocenters. The molecule has 3 aromatic rings. The maximum atomic E-state index is 5.48. The maximum absolute atomic E-state index is 5.48. The zero-order valence-electron chi connectivity index (χ0n) is 15.9. The fourth-order valence-electron chi connectivity index (χ4n) is 2.68.